The first-order valence-electron chi connectivity index (χ1n) is 13.9. The molecule has 3 rings (SSSR count). The molecule has 0 fully saturated rings. The fraction of sp³-hybridized carbons (Fsp3) is 0.375. The Morgan fingerprint density at radius 1 is 0.929 bits per heavy atom. The van der Waals surface area contributed by atoms with Gasteiger partial charge in [-0.1, -0.05) is 52.7 Å². The average molecular weight is 659 g/mol. The molecule has 1 atom stereocenters. The molecule has 0 aromatic heterocycles. The Morgan fingerprint density at radius 2 is 1.52 bits per heavy atom. The highest BCUT2D eigenvalue weighted by Crippen LogP contribution is 2.28. The third-order valence-electron chi connectivity index (χ3n) is 6.47. The molecule has 0 saturated heterocycles. The number of ether oxygens (including phenoxy) is 1. The maximum Gasteiger partial charge on any atom is 0.264 e. The van der Waals surface area contributed by atoms with Crippen molar-refractivity contribution in [1.82, 2.24) is 10.2 Å². The summed E-state index contributed by atoms with van der Waals surface area (Å²) in [4.78, 5) is 29.1. The fourth-order valence-corrected chi connectivity index (χ4v) is 6.08. The minimum Gasteiger partial charge on any atom is -0.494 e. The molecule has 1 N–H and O–H groups in total. The van der Waals surface area contributed by atoms with Crippen LogP contribution >= 0.6 is 15.9 Å². The monoisotopic (exact) mass is 657 g/mol. The number of nitrogens with one attached hydrogen (secondary N) is 1. The van der Waals surface area contributed by atoms with Gasteiger partial charge in [0.25, 0.3) is 10.0 Å². The third kappa shape index (κ3) is 8.82. The molecular weight excluding hydrogens is 618 g/mol. The molecule has 0 unspecified atom stereocenters. The number of nitrogens with zero attached hydrogens (tertiary/aromatic N) is 2. The standard InChI is InChI=1S/C32H40BrN3O5S/c1-7-29(31(38)34-32(4,5)6)35(21-24-11-9-23(3)10-12-24)30(37)22-36(26-15-17-27(18-16-26)41-8-2)42(39,40)28-19-13-25(33)14-20-28/h9-20,29H,7-8,21-22H2,1-6H3,(H,34,38)/t29-/m1/s1. The molecule has 0 aliphatic heterocycles. The first-order chi connectivity index (χ1) is 19.7. The maximum absolute atomic E-state index is 14.2. The van der Waals surface area contributed by atoms with Crippen LogP contribution in [0.2, 0.25) is 0 Å². The minimum atomic E-state index is -4.16. The van der Waals surface area contributed by atoms with Crippen LogP contribution in [0.1, 0.15) is 52.2 Å². The molecule has 0 radical (unpaired) electrons. The Labute approximate surface area is 258 Å². The largest absolute Gasteiger partial charge is 0.494 e. The van der Waals surface area contributed by atoms with E-state index in [1.54, 1.807) is 36.4 Å². The van der Waals surface area contributed by atoms with Crippen molar-refractivity contribution in [3.8, 4) is 5.75 Å². The van der Waals surface area contributed by atoms with E-state index in [0.717, 1.165) is 19.9 Å². The van der Waals surface area contributed by atoms with Crippen LogP contribution in [0.4, 0.5) is 5.69 Å². The Bertz CT molecular complexity index is 1450. The van der Waals surface area contributed by atoms with Crippen molar-refractivity contribution in [2.45, 2.75) is 71.0 Å². The van der Waals surface area contributed by atoms with E-state index in [4.69, 9.17) is 4.74 Å². The van der Waals surface area contributed by atoms with Gasteiger partial charge < -0.3 is 15.0 Å². The van der Waals surface area contributed by atoms with E-state index in [9.17, 15) is 18.0 Å². The van der Waals surface area contributed by atoms with Gasteiger partial charge in [0.1, 0.15) is 18.3 Å². The highest BCUT2D eigenvalue weighted by atomic mass is 79.9. The predicted octanol–water partition coefficient (Wildman–Crippen LogP) is 6.07. The molecule has 226 valence electrons. The van der Waals surface area contributed by atoms with Gasteiger partial charge in [-0.2, -0.15) is 0 Å². The Balaban J connectivity index is 2.07. The van der Waals surface area contributed by atoms with Crippen LogP contribution in [0.3, 0.4) is 0 Å². The molecule has 0 spiro atoms. The molecule has 8 nitrogen and oxygen atoms in total. The Hall–Kier alpha value is -3.37. The number of hydrogen-bond donors (Lipinski definition) is 1. The number of halogens is 1. The van der Waals surface area contributed by atoms with Gasteiger partial charge >= 0.3 is 0 Å². The minimum absolute atomic E-state index is 0.0370. The lowest BCUT2D eigenvalue weighted by molar-refractivity contribution is -0.141. The van der Waals surface area contributed by atoms with Crippen LogP contribution in [0, 0.1) is 6.92 Å². The summed E-state index contributed by atoms with van der Waals surface area (Å²) < 4.78 is 35.4. The Morgan fingerprint density at radius 3 is 2.05 bits per heavy atom. The zero-order chi connectivity index (χ0) is 31.1. The van der Waals surface area contributed by atoms with Crippen molar-refractivity contribution in [3.05, 3.63) is 88.4 Å². The summed E-state index contributed by atoms with van der Waals surface area (Å²) in [5, 5.41) is 2.98. The molecular formula is C32H40BrN3O5S. The molecule has 0 aliphatic rings. The van der Waals surface area contributed by atoms with Crippen LogP contribution < -0.4 is 14.4 Å². The van der Waals surface area contributed by atoms with E-state index in [2.05, 4.69) is 21.2 Å². The average Bonchev–Trinajstić information content (AvgIpc) is 2.92. The third-order valence-corrected chi connectivity index (χ3v) is 8.79. The summed E-state index contributed by atoms with van der Waals surface area (Å²) in [6.45, 7) is 11.4. The van der Waals surface area contributed by atoms with Gasteiger partial charge in [0, 0.05) is 16.6 Å². The van der Waals surface area contributed by atoms with Crippen LogP contribution in [0.25, 0.3) is 0 Å². The number of sulfonamides is 1. The number of carbonyl (C=O) groups is 2. The SMILES string of the molecule is CCOc1ccc(N(CC(=O)N(Cc2ccc(C)cc2)[C@H](CC)C(=O)NC(C)(C)C)S(=O)(=O)c2ccc(Br)cc2)cc1. The molecule has 0 bridgehead atoms. The van der Waals surface area contributed by atoms with Crippen LogP contribution in [0.5, 0.6) is 5.75 Å². The van der Waals surface area contributed by atoms with E-state index < -0.39 is 34.1 Å². The molecule has 10 heteroatoms. The van der Waals surface area contributed by atoms with Crippen LogP contribution in [-0.4, -0.2) is 49.9 Å². The van der Waals surface area contributed by atoms with Gasteiger partial charge in [0.05, 0.1) is 17.2 Å². The van der Waals surface area contributed by atoms with Gasteiger partial charge in [-0.05, 0) is 95.1 Å². The van der Waals surface area contributed by atoms with E-state index in [-0.39, 0.29) is 17.3 Å². The van der Waals surface area contributed by atoms with E-state index in [1.807, 2.05) is 65.8 Å². The van der Waals surface area contributed by atoms with Gasteiger partial charge in [-0.15, -0.1) is 0 Å². The fourth-order valence-electron chi connectivity index (χ4n) is 4.40. The zero-order valence-electron chi connectivity index (χ0n) is 25.1. The number of anilines is 1. The highest BCUT2D eigenvalue weighted by molar-refractivity contribution is 9.10. The van der Waals surface area contributed by atoms with Gasteiger partial charge in [0.15, 0.2) is 0 Å². The molecule has 3 aromatic carbocycles. The van der Waals surface area contributed by atoms with Crippen molar-refractivity contribution in [1.29, 1.82) is 0 Å². The molecule has 0 heterocycles. The highest BCUT2D eigenvalue weighted by Gasteiger charge is 2.34. The summed E-state index contributed by atoms with van der Waals surface area (Å²) in [5.41, 5.74) is 1.69. The lowest BCUT2D eigenvalue weighted by Crippen LogP contribution is -2.55. The van der Waals surface area contributed by atoms with E-state index >= 15 is 0 Å². The number of carbonyl (C=O) groups excluding carboxylic acids is 2. The van der Waals surface area contributed by atoms with Crippen LogP contribution in [-0.2, 0) is 26.2 Å². The summed E-state index contributed by atoms with van der Waals surface area (Å²) in [7, 11) is -4.16. The van der Waals surface area contributed by atoms with Crippen molar-refractivity contribution in [2.75, 3.05) is 17.5 Å². The first-order valence-corrected chi connectivity index (χ1v) is 16.2. The molecule has 42 heavy (non-hydrogen) atoms. The first kappa shape index (κ1) is 33.1. The quantitative estimate of drug-likeness (QED) is 0.255. The second-order valence-corrected chi connectivity index (χ2v) is 13.8. The zero-order valence-corrected chi connectivity index (χ0v) is 27.5. The summed E-state index contributed by atoms with van der Waals surface area (Å²) in [5.74, 6) is -0.214. The normalized spacial score (nSPS) is 12.4. The van der Waals surface area contributed by atoms with Crippen molar-refractivity contribution in [2.24, 2.45) is 0 Å². The molecule has 3 aromatic rings. The van der Waals surface area contributed by atoms with Crippen molar-refractivity contribution >= 4 is 43.5 Å². The van der Waals surface area contributed by atoms with Gasteiger partial charge in [-0.3, -0.25) is 13.9 Å². The van der Waals surface area contributed by atoms with E-state index in [1.165, 1.54) is 17.0 Å². The summed E-state index contributed by atoms with van der Waals surface area (Å²) in [6, 6.07) is 19.7. The summed E-state index contributed by atoms with van der Waals surface area (Å²) >= 11 is 3.35. The topological polar surface area (TPSA) is 96.0 Å². The second-order valence-electron chi connectivity index (χ2n) is 11.1. The number of amides is 2. The maximum atomic E-state index is 14.2. The Kier molecular flexibility index (Phi) is 11.2. The molecule has 0 aliphatic carbocycles. The second kappa shape index (κ2) is 14.2. The smallest absolute Gasteiger partial charge is 0.264 e. The lowest BCUT2D eigenvalue weighted by Gasteiger charge is -2.34. The predicted molar refractivity (Wildman–Crippen MR) is 170 cm³/mol. The van der Waals surface area contributed by atoms with Gasteiger partial charge in [0.2, 0.25) is 11.8 Å². The molecule has 0 saturated carbocycles. The van der Waals surface area contributed by atoms with Crippen LogP contribution in [0.15, 0.2) is 82.2 Å². The number of aryl methyl sites for hydroxylation is 1. The summed E-state index contributed by atoms with van der Waals surface area (Å²) in [6.07, 6.45) is 0.349. The number of rotatable bonds is 12. The number of hydrogen-bond acceptors (Lipinski definition) is 5. The van der Waals surface area contributed by atoms with E-state index in [0.29, 0.717) is 24.5 Å². The van der Waals surface area contributed by atoms with Crippen molar-refractivity contribution < 1.29 is 22.7 Å². The van der Waals surface area contributed by atoms with Gasteiger partial charge in [-0.25, -0.2) is 8.42 Å². The number of benzene rings is 3. The van der Waals surface area contributed by atoms with Crippen molar-refractivity contribution in [3.63, 3.8) is 0 Å². The lowest BCUT2D eigenvalue weighted by atomic mass is 10.1. The molecule has 2 amide bonds.